The van der Waals surface area contributed by atoms with E-state index in [-0.39, 0.29) is 25.1 Å². The van der Waals surface area contributed by atoms with Gasteiger partial charge < -0.3 is 14.8 Å². The quantitative estimate of drug-likeness (QED) is 0.624. The number of amides is 1. The fourth-order valence-corrected chi connectivity index (χ4v) is 3.49. The van der Waals surface area contributed by atoms with Crippen LogP contribution >= 0.6 is 11.6 Å². The molecule has 31 heavy (non-hydrogen) atoms. The molecular formula is C22H24BClN4O3. The van der Waals surface area contributed by atoms with Gasteiger partial charge in [0, 0.05) is 25.3 Å². The number of ether oxygens (including phenoxy) is 2. The summed E-state index contributed by atoms with van der Waals surface area (Å²) in [6.45, 7) is 2.38. The number of hydrogen-bond donors (Lipinski definition) is 1. The van der Waals surface area contributed by atoms with Gasteiger partial charge in [-0.15, -0.1) is 0 Å². The topological polar surface area (TPSA) is 97.1 Å². The number of nitrogens with zero attached hydrogens (tertiary/aromatic N) is 3. The van der Waals surface area contributed by atoms with Crippen molar-refractivity contribution in [3.63, 3.8) is 0 Å². The summed E-state index contributed by atoms with van der Waals surface area (Å²) < 4.78 is 10.8. The largest absolute Gasteiger partial charge is 0.487 e. The highest BCUT2D eigenvalue weighted by Gasteiger charge is 2.19. The number of nitriles is 1. The third-order valence-electron chi connectivity index (χ3n) is 4.93. The zero-order valence-electron chi connectivity index (χ0n) is 17.6. The summed E-state index contributed by atoms with van der Waals surface area (Å²) in [5.74, 6) is 2.89. The van der Waals surface area contributed by atoms with Crippen molar-refractivity contribution < 1.29 is 14.3 Å². The number of anilines is 1. The summed E-state index contributed by atoms with van der Waals surface area (Å²) in [6.07, 6.45) is 7.69. The molecule has 160 valence electrons. The first-order chi connectivity index (χ1) is 15.0. The minimum atomic E-state index is -0.214. The molecule has 0 aliphatic carbocycles. The standard InChI is InChI=1S/C22H24BClN4O3/c1-15(13-30-2)31-20-10-21(27-12-18(20)24)28-22(29)9-16-3-4-19(26-11-16)17-5-7-23(14-25)8-6-17/h3-5,10-12,15H,6-9,13H2,1-2H3,(H,27,28,29). The number of carbonyl (C=O) groups is 1. The lowest BCUT2D eigenvalue weighted by Crippen LogP contribution is -2.19. The van der Waals surface area contributed by atoms with Crippen LogP contribution in [0.1, 0.15) is 24.6 Å². The first-order valence-corrected chi connectivity index (χ1v) is 10.5. The van der Waals surface area contributed by atoms with Gasteiger partial charge in [0.05, 0.1) is 24.9 Å². The second kappa shape index (κ2) is 10.9. The van der Waals surface area contributed by atoms with Crippen molar-refractivity contribution in [2.75, 3.05) is 19.0 Å². The maximum atomic E-state index is 12.4. The monoisotopic (exact) mass is 438 g/mol. The van der Waals surface area contributed by atoms with Gasteiger partial charge in [-0.3, -0.25) is 9.78 Å². The highest BCUT2D eigenvalue weighted by atomic mass is 35.5. The lowest BCUT2D eigenvalue weighted by molar-refractivity contribution is -0.115. The van der Waals surface area contributed by atoms with E-state index in [0.29, 0.717) is 23.2 Å². The fourth-order valence-electron chi connectivity index (χ4n) is 3.34. The second-order valence-corrected chi connectivity index (χ2v) is 7.90. The molecule has 2 aromatic heterocycles. The van der Waals surface area contributed by atoms with Gasteiger partial charge in [0.15, 0.2) is 0 Å². The molecule has 2 aromatic rings. The van der Waals surface area contributed by atoms with Crippen molar-refractivity contribution in [2.45, 2.75) is 38.5 Å². The van der Waals surface area contributed by atoms with E-state index >= 15 is 0 Å². The normalized spacial score (nSPS) is 14.4. The van der Waals surface area contributed by atoms with Crippen molar-refractivity contribution in [1.82, 2.24) is 9.97 Å². The molecule has 0 spiro atoms. The van der Waals surface area contributed by atoms with Crippen molar-refractivity contribution >= 4 is 35.6 Å². The number of rotatable bonds is 8. The van der Waals surface area contributed by atoms with Crippen LogP contribution in [0.15, 0.2) is 36.7 Å². The molecule has 3 rings (SSSR count). The van der Waals surface area contributed by atoms with E-state index in [1.54, 1.807) is 19.4 Å². The van der Waals surface area contributed by atoms with Crippen LogP contribution < -0.4 is 10.1 Å². The number of nitrogens with one attached hydrogen (secondary N) is 1. The molecule has 7 nitrogen and oxygen atoms in total. The molecular weight excluding hydrogens is 415 g/mol. The van der Waals surface area contributed by atoms with Crippen LogP contribution in [0.25, 0.3) is 5.57 Å². The Morgan fingerprint density at radius 3 is 2.87 bits per heavy atom. The number of allylic oxidation sites excluding steroid dienone is 2. The molecule has 0 fully saturated rings. The maximum absolute atomic E-state index is 12.4. The average molecular weight is 439 g/mol. The van der Waals surface area contributed by atoms with Crippen LogP contribution in [-0.2, 0) is 16.0 Å². The zero-order chi connectivity index (χ0) is 22.2. The summed E-state index contributed by atoms with van der Waals surface area (Å²) >= 11 is 6.13. The van der Waals surface area contributed by atoms with Gasteiger partial charge in [-0.25, -0.2) is 10.2 Å². The van der Waals surface area contributed by atoms with E-state index in [9.17, 15) is 4.79 Å². The SMILES string of the molecule is COCC(C)Oc1cc(NC(=O)Cc2ccc(C3=CCB(C#N)CC3)nc2)ncc1Cl. The van der Waals surface area contributed by atoms with E-state index in [2.05, 4.69) is 27.3 Å². The Labute approximate surface area is 187 Å². The molecule has 1 atom stereocenters. The maximum Gasteiger partial charge on any atom is 0.271 e. The molecule has 0 saturated heterocycles. The molecule has 1 amide bonds. The minimum Gasteiger partial charge on any atom is -0.487 e. The molecule has 0 radical (unpaired) electrons. The van der Waals surface area contributed by atoms with Gasteiger partial charge in [0.2, 0.25) is 5.91 Å². The molecule has 1 aliphatic rings. The second-order valence-electron chi connectivity index (χ2n) is 7.49. The van der Waals surface area contributed by atoms with Crippen LogP contribution in [0.4, 0.5) is 5.82 Å². The van der Waals surface area contributed by atoms with Crippen molar-refractivity contribution in [2.24, 2.45) is 0 Å². The van der Waals surface area contributed by atoms with E-state index in [1.807, 2.05) is 19.1 Å². The molecule has 9 heteroatoms. The van der Waals surface area contributed by atoms with Gasteiger partial charge in [-0.05, 0) is 36.9 Å². The van der Waals surface area contributed by atoms with Gasteiger partial charge in [-0.2, -0.15) is 0 Å². The molecule has 0 saturated carbocycles. The summed E-state index contributed by atoms with van der Waals surface area (Å²) in [4.78, 5) is 21.1. The number of carbonyl (C=O) groups excluding carboxylic acids is 1. The van der Waals surface area contributed by atoms with Gasteiger partial charge in [0.25, 0.3) is 6.71 Å². The average Bonchev–Trinajstić information content (AvgIpc) is 2.77. The summed E-state index contributed by atoms with van der Waals surface area (Å²) in [5.41, 5.74) is 2.85. The van der Waals surface area contributed by atoms with Crippen molar-refractivity contribution in [3.05, 3.63) is 52.9 Å². The number of pyridine rings is 2. The third-order valence-corrected chi connectivity index (χ3v) is 5.21. The highest BCUT2D eigenvalue weighted by molar-refractivity contribution is 6.67. The summed E-state index contributed by atoms with van der Waals surface area (Å²) in [7, 11) is 1.59. The predicted octanol–water partition coefficient (Wildman–Crippen LogP) is 4.07. The molecule has 0 bridgehead atoms. The summed E-state index contributed by atoms with van der Waals surface area (Å²) in [5, 5.41) is 12.1. The van der Waals surface area contributed by atoms with Gasteiger partial charge >= 0.3 is 0 Å². The van der Waals surface area contributed by atoms with E-state index in [4.69, 9.17) is 26.3 Å². The molecule has 1 unspecified atom stereocenters. The van der Waals surface area contributed by atoms with Crippen LogP contribution in [0.5, 0.6) is 5.75 Å². The Balaban J connectivity index is 1.58. The lowest BCUT2D eigenvalue weighted by Gasteiger charge is -2.15. The number of halogens is 1. The number of hydrogen-bond acceptors (Lipinski definition) is 6. The number of methoxy groups -OCH3 is 1. The Morgan fingerprint density at radius 2 is 2.23 bits per heavy atom. The Kier molecular flexibility index (Phi) is 8.04. The molecule has 1 aliphatic heterocycles. The van der Waals surface area contributed by atoms with E-state index in [1.165, 1.54) is 6.20 Å². The van der Waals surface area contributed by atoms with Crippen LogP contribution in [0.2, 0.25) is 17.7 Å². The Hall–Kier alpha value is -2.89. The molecule has 3 heterocycles. The first kappa shape index (κ1) is 22.8. The fraction of sp³-hybridized carbons (Fsp3) is 0.364. The number of aromatic nitrogens is 2. The first-order valence-electron chi connectivity index (χ1n) is 10.1. The van der Waals surface area contributed by atoms with Crippen LogP contribution in [-0.4, -0.2) is 42.4 Å². The smallest absolute Gasteiger partial charge is 0.271 e. The molecule has 1 N–H and O–H groups in total. The summed E-state index contributed by atoms with van der Waals surface area (Å²) in [6, 6.07) is 5.41. The van der Waals surface area contributed by atoms with Crippen LogP contribution in [0, 0.1) is 11.2 Å². The Bertz CT molecular complexity index is 991. The van der Waals surface area contributed by atoms with Crippen molar-refractivity contribution in [1.29, 1.82) is 5.26 Å². The lowest BCUT2D eigenvalue weighted by atomic mass is 9.44. The van der Waals surface area contributed by atoms with Crippen molar-refractivity contribution in [3.8, 4) is 11.7 Å². The van der Waals surface area contributed by atoms with E-state index < -0.39 is 0 Å². The zero-order valence-corrected chi connectivity index (χ0v) is 18.4. The van der Waals surface area contributed by atoms with Gasteiger partial charge in [-0.1, -0.05) is 30.1 Å². The highest BCUT2D eigenvalue weighted by Crippen LogP contribution is 2.28. The van der Waals surface area contributed by atoms with E-state index in [0.717, 1.165) is 35.9 Å². The third kappa shape index (κ3) is 6.55. The van der Waals surface area contributed by atoms with Gasteiger partial charge in [0.1, 0.15) is 22.7 Å². The predicted molar refractivity (Wildman–Crippen MR) is 121 cm³/mol. The Morgan fingerprint density at radius 1 is 1.39 bits per heavy atom. The minimum absolute atomic E-state index is 0.0994. The van der Waals surface area contributed by atoms with Crippen LogP contribution in [0.3, 0.4) is 0 Å². The molecule has 0 aromatic carbocycles.